The van der Waals surface area contributed by atoms with Crippen molar-refractivity contribution >= 4 is 17.6 Å². The molecule has 0 fully saturated rings. The van der Waals surface area contributed by atoms with Crippen LogP contribution in [0.5, 0.6) is 5.75 Å². The van der Waals surface area contributed by atoms with E-state index in [2.05, 4.69) is 5.32 Å². The second-order valence-corrected chi connectivity index (χ2v) is 7.14. The molecule has 1 amide bonds. The van der Waals surface area contributed by atoms with Crippen LogP contribution in [0.2, 0.25) is 0 Å². The number of hydrogen-bond donors (Lipinski definition) is 1. The van der Waals surface area contributed by atoms with Gasteiger partial charge >= 0.3 is 5.97 Å². The Labute approximate surface area is 176 Å². The van der Waals surface area contributed by atoms with Gasteiger partial charge in [0.05, 0.1) is 18.4 Å². The van der Waals surface area contributed by atoms with Gasteiger partial charge in [-0.1, -0.05) is 48.5 Å². The number of rotatable bonds is 6. The summed E-state index contributed by atoms with van der Waals surface area (Å²) in [6.07, 6.45) is -1.11. The molecule has 0 saturated heterocycles. The Morgan fingerprint density at radius 2 is 1.63 bits per heavy atom. The van der Waals surface area contributed by atoms with Gasteiger partial charge in [0.15, 0.2) is 0 Å². The van der Waals surface area contributed by atoms with E-state index in [-0.39, 0.29) is 0 Å². The molecule has 0 aliphatic rings. The van der Waals surface area contributed by atoms with E-state index >= 15 is 0 Å². The van der Waals surface area contributed by atoms with E-state index in [4.69, 9.17) is 9.47 Å². The summed E-state index contributed by atoms with van der Waals surface area (Å²) in [6.45, 7) is 5.71. The van der Waals surface area contributed by atoms with Crippen molar-refractivity contribution in [2.75, 3.05) is 12.4 Å². The number of aryl methyl sites for hydroxylation is 2. The van der Waals surface area contributed by atoms with Gasteiger partial charge in [-0.05, 0) is 55.7 Å². The lowest BCUT2D eigenvalue weighted by atomic mass is 10.0. The number of benzene rings is 3. The fourth-order valence-electron chi connectivity index (χ4n) is 3.16. The summed E-state index contributed by atoms with van der Waals surface area (Å²) in [5.74, 6) is -0.471. The number of amides is 1. The Hall–Kier alpha value is -3.60. The zero-order chi connectivity index (χ0) is 21.7. The zero-order valence-corrected chi connectivity index (χ0v) is 17.6. The Balaban J connectivity index is 1.92. The number of carbonyl (C=O) groups is 2. The predicted octanol–water partition coefficient (Wildman–Crippen LogP) is 5.16. The average Bonchev–Trinajstić information content (AvgIpc) is 2.74. The van der Waals surface area contributed by atoms with Crippen LogP contribution in [0.15, 0.2) is 66.7 Å². The minimum atomic E-state index is -1.11. The summed E-state index contributed by atoms with van der Waals surface area (Å²) in [6, 6.07) is 19.9. The van der Waals surface area contributed by atoms with Crippen molar-refractivity contribution in [3.8, 4) is 5.75 Å². The molecule has 0 aromatic heterocycles. The Kier molecular flexibility index (Phi) is 6.52. The smallest absolute Gasteiger partial charge is 0.339 e. The highest BCUT2D eigenvalue weighted by Gasteiger charge is 2.27. The second-order valence-electron chi connectivity index (χ2n) is 7.14. The maximum Gasteiger partial charge on any atom is 0.339 e. The van der Waals surface area contributed by atoms with E-state index in [1.54, 1.807) is 42.5 Å². The molecule has 0 radical (unpaired) electrons. The summed E-state index contributed by atoms with van der Waals surface area (Å²) in [5, 5.41) is 2.84. The van der Waals surface area contributed by atoms with Gasteiger partial charge in [0, 0.05) is 5.56 Å². The van der Waals surface area contributed by atoms with E-state index < -0.39 is 18.0 Å². The predicted molar refractivity (Wildman–Crippen MR) is 117 cm³/mol. The van der Waals surface area contributed by atoms with Crippen molar-refractivity contribution in [3.05, 3.63) is 94.5 Å². The van der Waals surface area contributed by atoms with Crippen LogP contribution in [0, 0.1) is 20.8 Å². The first-order valence-corrected chi connectivity index (χ1v) is 9.68. The molecule has 3 rings (SSSR count). The van der Waals surface area contributed by atoms with E-state index in [1.807, 2.05) is 45.0 Å². The molecule has 0 bridgehead atoms. The van der Waals surface area contributed by atoms with Gasteiger partial charge < -0.3 is 14.8 Å². The van der Waals surface area contributed by atoms with Crippen LogP contribution in [0.25, 0.3) is 0 Å². The topological polar surface area (TPSA) is 64.6 Å². The molecule has 0 aliphatic heterocycles. The lowest BCUT2D eigenvalue weighted by Gasteiger charge is -2.20. The lowest BCUT2D eigenvalue weighted by Crippen LogP contribution is -2.26. The normalized spacial score (nSPS) is 11.5. The van der Waals surface area contributed by atoms with E-state index in [1.165, 1.54) is 7.11 Å². The molecule has 0 heterocycles. The van der Waals surface area contributed by atoms with Crippen LogP contribution in [-0.4, -0.2) is 19.0 Å². The van der Waals surface area contributed by atoms with E-state index in [9.17, 15) is 9.59 Å². The monoisotopic (exact) mass is 403 g/mol. The number of nitrogens with one attached hydrogen (secondary N) is 1. The summed E-state index contributed by atoms with van der Waals surface area (Å²) in [5.41, 5.74) is 4.32. The Morgan fingerprint density at radius 1 is 0.900 bits per heavy atom. The van der Waals surface area contributed by atoms with Crippen molar-refractivity contribution in [1.29, 1.82) is 0 Å². The van der Waals surface area contributed by atoms with Gasteiger partial charge in [0.25, 0.3) is 5.91 Å². The van der Waals surface area contributed by atoms with Crippen LogP contribution in [0.1, 0.15) is 38.7 Å². The third-order valence-electron chi connectivity index (χ3n) is 5.00. The molecular formula is C25H25NO4. The van der Waals surface area contributed by atoms with Crippen molar-refractivity contribution in [1.82, 2.24) is 0 Å². The van der Waals surface area contributed by atoms with Gasteiger partial charge in [0.1, 0.15) is 5.75 Å². The van der Waals surface area contributed by atoms with Gasteiger partial charge in [-0.2, -0.15) is 0 Å². The number of esters is 1. The number of ether oxygens (including phenoxy) is 2. The molecule has 30 heavy (non-hydrogen) atoms. The SMILES string of the molecule is COc1ccc(C)cc1NC(=O)[C@@H](OC(=O)c1cccc(C)c1C)c1ccccc1. The molecule has 5 heteroatoms. The first-order valence-electron chi connectivity index (χ1n) is 9.68. The number of hydrogen-bond acceptors (Lipinski definition) is 4. The standard InChI is InChI=1S/C25H25NO4/c1-16-13-14-22(29-4)21(15-16)26-24(27)23(19-10-6-5-7-11-19)30-25(28)20-12-8-9-17(2)18(20)3/h5-15,23H,1-4H3,(H,26,27)/t23-/m0/s1. The number of methoxy groups -OCH3 is 1. The summed E-state index contributed by atoms with van der Waals surface area (Å²) < 4.78 is 11.0. The number of anilines is 1. The fourth-order valence-corrected chi connectivity index (χ4v) is 3.16. The van der Waals surface area contributed by atoms with E-state index in [0.717, 1.165) is 16.7 Å². The highest BCUT2D eigenvalue weighted by molar-refractivity contribution is 5.99. The van der Waals surface area contributed by atoms with Crippen molar-refractivity contribution in [3.63, 3.8) is 0 Å². The molecule has 5 nitrogen and oxygen atoms in total. The third-order valence-corrected chi connectivity index (χ3v) is 5.00. The summed E-state index contributed by atoms with van der Waals surface area (Å²) in [7, 11) is 1.54. The minimum Gasteiger partial charge on any atom is -0.495 e. The van der Waals surface area contributed by atoms with Gasteiger partial charge in [-0.3, -0.25) is 4.79 Å². The fraction of sp³-hybridized carbons (Fsp3) is 0.200. The first kappa shape index (κ1) is 21.1. The summed E-state index contributed by atoms with van der Waals surface area (Å²) >= 11 is 0. The Morgan fingerprint density at radius 3 is 2.33 bits per heavy atom. The molecule has 0 spiro atoms. The molecule has 1 N–H and O–H groups in total. The molecule has 154 valence electrons. The van der Waals surface area contributed by atoms with Crippen LogP contribution < -0.4 is 10.1 Å². The maximum absolute atomic E-state index is 13.2. The average molecular weight is 403 g/mol. The van der Waals surface area contributed by atoms with E-state index in [0.29, 0.717) is 22.6 Å². The molecule has 0 aliphatic carbocycles. The van der Waals surface area contributed by atoms with Crippen LogP contribution in [-0.2, 0) is 9.53 Å². The third kappa shape index (κ3) is 4.69. The van der Waals surface area contributed by atoms with Crippen LogP contribution in [0.3, 0.4) is 0 Å². The second kappa shape index (κ2) is 9.27. The number of carbonyl (C=O) groups excluding carboxylic acids is 2. The zero-order valence-electron chi connectivity index (χ0n) is 17.6. The van der Waals surface area contributed by atoms with Crippen LogP contribution >= 0.6 is 0 Å². The maximum atomic E-state index is 13.2. The molecule has 1 atom stereocenters. The van der Waals surface area contributed by atoms with Gasteiger partial charge in [0.2, 0.25) is 6.10 Å². The molecule has 0 unspecified atom stereocenters. The van der Waals surface area contributed by atoms with Crippen molar-refractivity contribution < 1.29 is 19.1 Å². The Bertz CT molecular complexity index is 1060. The minimum absolute atomic E-state index is 0.442. The lowest BCUT2D eigenvalue weighted by molar-refractivity contribution is -0.125. The highest BCUT2D eigenvalue weighted by atomic mass is 16.5. The highest BCUT2D eigenvalue weighted by Crippen LogP contribution is 2.28. The molecular weight excluding hydrogens is 378 g/mol. The molecule has 3 aromatic rings. The first-order chi connectivity index (χ1) is 14.4. The van der Waals surface area contributed by atoms with Gasteiger partial charge in [-0.15, -0.1) is 0 Å². The molecule has 0 saturated carbocycles. The largest absolute Gasteiger partial charge is 0.495 e. The van der Waals surface area contributed by atoms with Crippen molar-refractivity contribution in [2.45, 2.75) is 26.9 Å². The summed E-state index contributed by atoms with van der Waals surface area (Å²) in [4.78, 5) is 26.1. The molecule has 3 aromatic carbocycles. The van der Waals surface area contributed by atoms with Gasteiger partial charge in [-0.25, -0.2) is 4.79 Å². The van der Waals surface area contributed by atoms with Crippen molar-refractivity contribution in [2.24, 2.45) is 0 Å². The quantitative estimate of drug-likeness (QED) is 0.578. The van der Waals surface area contributed by atoms with Crippen LogP contribution in [0.4, 0.5) is 5.69 Å².